The third kappa shape index (κ3) is 3.13. The third-order valence-corrected chi connectivity index (χ3v) is 3.61. The monoisotopic (exact) mass is 317 g/mol. The molecule has 118 valence electrons. The second-order valence-corrected chi connectivity index (χ2v) is 5.15. The van der Waals surface area contributed by atoms with Crippen LogP contribution < -0.4 is 10.1 Å². The van der Waals surface area contributed by atoms with E-state index in [0.717, 1.165) is 16.5 Å². The van der Waals surface area contributed by atoms with E-state index in [1.54, 1.807) is 43.6 Å². The van der Waals surface area contributed by atoms with E-state index in [1.165, 1.54) is 0 Å². The summed E-state index contributed by atoms with van der Waals surface area (Å²) < 4.78 is 5.12. The smallest absolute Gasteiger partial charge is 0.266 e. The number of carbonyl (C=O) groups is 1. The lowest BCUT2D eigenvalue weighted by molar-refractivity contribution is -0.112. The van der Waals surface area contributed by atoms with Gasteiger partial charge in [0, 0.05) is 34.4 Å². The number of aromatic amines is 1. The number of nitrogens with zero attached hydrogens (tertiary/aromatic N) is 1. The molecule has 1 amide bonds. The van der Waals surface area contributed by atoms with Crippen molar-refractivity contribution >= 4 is 28.6 Å². The molecule has 0 fully saturated rings. The molecule has 0 saturated heterocycles. The van der Waals surface area contributed by atoms with E-state index in [9.17, 15) is 10.1 Å². The highest BCUT2D eigenvalue weighted by atomic mass is 16.5. The van der Waals surface area contributed by atoms with Crippen LogP contribution in [0, 0.1) is 11.3 Å². The lowest BCUT2D eigenvalue weighted by atomic mass is 10.1. The van der Waals surface area contributed by atoms with Gasteiger partial charge in [0.2, 0.25) is 0 Å². The lowest BCUT2D eigenvalue weighted by Crippen LogP contribution is -2.13. The van der Waals surface area contributed by atoms with Gasteiger partial charge in [-0.2, -0.15) is 5.26 Å². The molecule has 2 aromatic carbocycles. The summed E-state index contributed by atoms with van der Waals surface area (Å²) in [6.07, 6.45) is 3.36. The summed E-state index contributed by atoms with van der Waals surface area (Å²) in [5.41, 5.74) is 2.35. The Morgan fingerprint density at radius 2 is 2.08 bits per heavy atom. The van der Waals surface area contributed by atoms with Crippen LogP contribution in [0.15, 0.2) is 60.3 Å². The zero-order valence-corrected chi connectivity index (χ0v) is 13.0. The van der Waals surface area contributed by atoms with Crippen LogP contribution in [-0.2, 0) is 4.79 Å². The van der Waals surface area contributed by atoms with Gasteiger partial charge < -0.3 is 15.0 Å². The molecule has 3 rings (SSSR count). The van der Waals surface area contributed by atoms with E-state index in [1.807, 2.05) is 30.3 Å². The number of ether oxygens (including phenoxy) is 1. The second-order valence-electron chi connectivity index (χ2n) is 5.15. The summed E-state index contributed by atoms with van der Waals surface area (Å²) in [6.45, 7) is 0. The number of nitrogens with one attached hydrogen (secondary N) is 2. The minimum absolute atomic E-state index is 0.0302. The number of aromatic nitrogens is 1. The third-order valence-electron chi connectivity index (χ3n) is 3.61. The number of nitriles is 1. The van der Waals surface area contributed by atoms with Crippen LogP contribution in [0.25, 0.3) is 17.0 Å². The number of para-hydroxylation sites is 1. The Labute approximate surface area is 139 Å². The minimum Gasteiger partial charge on any atom is -0.497 e. The number of carbonyl (C=O) groups excluding carboxylic acids is 1. The van der Waals surface area contributed by atoms with E-state index in [-0.39, 0.29) is 5.57 Å². The Balaban J connectivity index is 1.88. The first kappa shape index (κ1) is 15.4. The van der Waals surface area contributed by atoms with Crippen LogP contribution >= 0.6 is 0 Å². The summed E-state index contributed by atoms with van der Waals surface area (Å²) in [4.78, 5) is 15.5. The van der Waals surface area contributed by atoms with Gasteiger partial charge >= 0.3 is 0 Å². The Bertz CT molecular complexity index is 964. The minimum atomic E-state index is -0.462. The van der Waals surface area contributed by atoms with E-state index in [4.69, 9.17) is 4.74 Å². The van der Waals surface area contributed by atoms with Gasteiger partial charge in [0.05, 0.1) is 7.11 Å². The topological polar surface area (TPSA) is 77.9 Å². The van der Waals surface area contributed by atoms with Crippen molar-refractivity contribution in [1.29, 1.82) is 5.26 Å². The maximum atomic E-state index is 12.4. The first-order valence-electron chi connectivity index (χ1n) is 7.34. The zero-order chi connectivity index (χ0) is 16.9. The molecule has 0 spiro atoms. The molecule has 0 unspecified atom stereocenters. The lowest BCUT2D eigenvalue weighted by Gasteiger charge is -2.06. The predicted octanol–water partition coefficient (Wildman–Crippen LogP) is 3.72. The van der Waals surface area contributed by atoms with Gasteiger partial charge in [0.1, 0.15) is 17.4 Å². The van der Waals surface area contributed by atoms with Gasteiger partial charge in [0.25, 0.3) is 5.91 Å². The average Bonchev–Trinajstić information content (AvgIpc) is 3.02. The maximum absolute atomic E-state index is 12.4. The van der Waals surface area contributed by atoms with Crippen molar-refractivity contribution in [3.05, 3.63) is 65.9 Å². The molecule has 5 nitrogen and oxygen atoms in total. The van der Waals surface area contributed by atoms with Gasteiger partial charge in [-0.3, -0.25) is 4.79 Å². The zero-order valence-electron chi connectivity index (χ0n) is 13.0. The predicted molar refractivity (Wildman–Crippen MR) is 93.5 cm³/mol. The number of H-pyrrole nitrogens is 1. The molecule has 0 atom stereocenters. The largest absolute Gasteiger partial charge is 0.497 e. The Kier molecular flexibility index (Phi) is 4.30. The maximum Gasteiger partial charge on any atom is 0.266 e. The van der Waals surface area contributed by atoms with E-state index in [0.29, 0.717) is 11.4 Å². The standard InChI is InChI=1S/C19H15N3O2/c1-24-16-6-4-5-15(10-16)22-19(23)13(11-20)9-14-12-21-18-8-3-2-7-17(14)18/h2-10,12,21H,1H3,(H,22,23)/b13-9+. The van der Waals surface area contributed by atoms with Crippen molar-refractivity contribution in [3.8, 4) is 11.8 Å². The fraction of sp³-hybridized carbons (Fsp3) is 0.0526. The molecule has 1 heterocycles. The molecular formula is C19H15N3O2. The summed E-state index contributed by atoms with van der Waals surface area (Å²) in [5.74, 6) is 0.169. The average molecular weight is 317 g/mol. The quantitative estimate of drug-likeness (QED) is 0.568. The number of methoxy groups -OCH3 is 1. The van der Waals surface area contributed by atoms with E-state index < -0.39 is 5.91 Å². The molecule has 0 aliphatic carbocycles. The van der Waals surface area contributed by atoms with E-state index in [2.05, 4.69) is 10.3 Å². The first-order chi connectivity index (χ1) is 11.7. The molecule has 0 saturated carbocycles. The molecule has 0 radical (unpaired) electrons. The summed E-state index contributed by atoms with van der Waals surface area (Å²) in [5, 5.41) is 13.0. The van der Waals surface area contributed by atoms with Crippen LogP contribution in [0.4, 0.5) is 5.69 Å². The molecule has 3 aromatic rings. The van der Waals surface area contributed by atoms with Crippen molar-refractivity contribution in [3.63, 3.8) is 0 Å². The molecule has 0 bridgehead atoms. The number of hydrogen-bond acceptors (Lipinski definition) is 3. The van der Waals surface area contributed by atoms with Crippen molar-refractivity contribution in [2.45, 2.75) is 0 Å². The molecule has 5 heteroatoms. The highest BCUT2D eigenvalue weighted by Crippen LogP contribution is 2.21. The van der Waals surface area contributed by atoms with Gasteiger partial charge in [-0.25, -0.2) is 0 Å². The number of benzene rings is 2. The fourth-order valence-electron chi connectivity index (χ4n) is 2.42. The first-order valence-corrected chi connectivity index (χ1v) is 7.34. The molecule has 1 aromatic heterocycles. The van der Waals surface area contributed by atoms with Crippen molar-refractivity contribution < 1.29 is 9.53 Å². The summed E-state index contributed by atoms with van der Waals surface area (Å²) >= 11 is 0. The number of rotatable bonds is 4. The molecular weight excluding hydrogens is 302 g/mol. The second kappa shape index (κ2) is 6.71. The highest BCUT2D eigenvalue weighted by Gasteiger charge is 2.11. The fourth-order valence-corrected chi connectivity index (χ4v) is 2.42. The highest BCUT2D eigenvalue weighted by molar-refractivity contribution is 6.10. The summed E-state index contributed by atoms with van der Waals surface area (Å²) in [7, 11) is 1.55. The number of fused-ring (bicyclic) bond motifs is 1. The number of hydrogen-bond donors (Lipinski definition) is 2. The molecule has 0 aliphatic rings. The Hall–Kier alpha value is -3.52. The van der Waals surface area contributed by atoms with Crippen LogP contribution in [-0.4, -0.2) is 18.0 Å². The Morgan fingerprint density at radius 3 is 2.88 bits per heavy atom. The van der Waals surface area contributed by atoms with Crippen LogP contribution in [0.2, 0.25) is 0 Å². The van der Waals surface area contributed by atoms with Crippen LogP contribution in [0.3, 0.4) is 0 Å². The SMILES string of the molecule is COc1cccc(NC(=O)/C(C#N)=C/c2c[nH]c3ccccc23)c1. The van der Waals surface area contributed by atoms with Crippen LogP contribution in [0.5, 0.6) is 5.75 Å². The normalized spacial score (nSPS) is 11.1. The number of anilines is 1. The molecule has 2 N–H and O–H groups in total. The molecule has 0 aliphatic heterocycles. The van der Waals surface area contributed by atoms with Crippen molar-refractivity contribution in [2.24, 2.45) is 0 Å². The van der Waals surface area contributed by atoms with Gasteiger partial charge in [-0.05, 0) is 24.3 Å². The van der Waals surface area contributed by atoms with Gasteiger partial charge in [0.15, 0.2) is 0 Å². The Morgan fingerprint density at radius 1 is 1.25 bits per heavy atom. The van der Waals surface area contributed by atoms with Gasteiger partial charge in [-0.15, -0.1) is 0 Å². The van der Waals surface area contributed by atoms with Crippen LogP contribution in [0.1, 0.15) is 5.56 Å². The summed E-state index contributed by atoms with van der Waals surface area (Å²) in [6, 6.07) is 16.6. The van der Waals surface area contributed by atoms with Gasteiger partial charge in [-0.1, -0.05) is 24.3 Å². The van der Waals surface area contributed by atoms with Crippen molar-refractivity contribution in [2.75, 3.05) is 12.4 Å². The number of amides is 1. The van der Waals surface area contributed by atoms with Crippen molar-refractivity contribution in [1.82, 2.24) is 4.98 Å². The van der Waals surface area contributed by atoms with E-state index >= 15 is 0 Å². The molecule has 24 heavy (non-hydrogen) atoms.